The van der Waals surface area contributed by atoms with Gasteiger partial charge in [0.1, 0.15) is 6.10 Å². The lowest BCUT2D eigenvalue weighted by Gasteiger charge is -2.24. The van der Waals surface area contributed by atoms with Crippen LogP contribution in [0.4, 0.5) is 0 Å². The highest BCUT2D eigenvalue weighted by molar-refractivity contribution is 5.77. The normalized spacial score (nSPS) is 13.6. The number of esters is 1. The second kappa shape index (κ2) is 52.5. The summed E-state index contributed by atoms with van der Waals surface area (Å²) in [4.78, 5) is 26.2. The number of aliphatic hydroxyl groups is 2. The number of carbonyl (C=O) groups is 2. The van der Waals surface area contributed by atoms with Gasteiger partial charge in [-0.1, -0.05) is 236 Å². The summed E-state index contributed by atoms with van der Waals surface area (Å²) in [5.41, 5.74) is 0. The summed E-state index contributed by atoms with van der Waals surface area (Å²) in [5.74, 6) is -0.535. The van der Waals surface area contributed by atoms with Crippen molar-refractivity contribution >= 4 is 11.9 Å². The molecule has 3 N–H and O–H groups in total. The summed E-state index contributed by atoms with van der Waals surface area (Å²) < 4.78 is 5.91. The molecule has 0 rings (SSSR count). The van der Waals surface area contributed by atoms with Crippen LogP contribution in [0.25, 0.3) is 0 Å². The predicted octanol–water partition coefficient (Wildman–Crippen LogP) is 17.2. The highest BCUT2D eigenvalue weighted by Crippen LogP contribution is 2.17. The van der Waals surface area contributed by atoms with Crippen LogP contribution in [0.1, 0.15) is 278 Å². The fourth-order valence-electron chi connectivity index (χ4n) is 8.30. The third-order valence-corrected chi connectivity index (χ3v) is 12.6. The van der Waals surface area contributed by atoms with Crippen LogP contribution >= 0.6 is 0 Å². The predicted molar refractivity (Wildman–Crippen MR) is 282 cm³/mol. The van der Waals surface area contributed by atoms with Crippen LogP contribution in [0, 0.1) is 0 Å². The maximum absolute atomic E-state index is 13.2. The highest BCUT2D eigenvalue weighted by Gasteiger charge is 2.24. The fraction of sp³-hybridized carbons (Fsp3) is 0.797. The molecule has 0 saturated carbocycles. The van der Waals surface area contributed by atoms with Crippen molar-refractivity contribution < 1.29 is 24.5 Å². The Bertz CT molecular complexity index is 1160. The maximum Gasteiger partial charge on any atom is 0.306 e. The molecule has 3 atom stereocenters. The molecule has 0 spiro atoms. The number of nitrogens with one attached hydrogen (secondary N) is 1. The average Bonchev–Trinajstić information content (AvgIpc) is 3.30. The van der Waals surface area contributed by atoms with E-state index in [1.165, 1.54) is 148 Å². The van der Waals surface area contributed by atoms with Crippen molar-refractivity contribution in [3.63, 3.8) is 0 Å². The van der Waals surface area contributed by atoms with Crippen molar-refractivity contribution in [1.29, 1.82) is 0 Å². The number of allylic oxidation sites excluding steroid dienone is 10. The van der Waals surface area contributed by atoms with E-state index in [1.807, 2.05) is 0 Å². The van der Waals surface area contributed by atoms with Gasteiger partial charge in [0, 0.05) is 6.42 Å². The zero-order valence-corrected chi connectivity index (χ0v) is 43.1. The average molecular weight is 911 g/mol. The first kappa shape index (κ1) is 62.6. The van der Waals surface area contributed by atoms with E-state index in [0.717, 1.165) is 83.5 Å². The Labute approximate surface area is 403 Å². The molecule has 0 heterocycles. The van der Waals surface area contributed by atoms with Crippen molar-refractivity contribution in [1.82, 2.24) is 5.32 Å². The summed E-state index contributed by atoms with van der Waals surface area (Å²) in [6.07, 6.45) is 65.7. The highest BCUT2D eigenvalue weighted by atomic mass is 16.5. The third kappa shape index (κ3) is 47.8. The topological polar surface area (TPSA) is 95.9 Å². The van der Waals surface area contributed by atoms with Crippen molar-refractivity contribution in [2.45, 2.75) is 296 Å². The molecule has 65 heavy (non-hydrogen) atoms. The van der Waals surface area contributed by atoms with Crippen LogP contribution in [0.2, 0.25) is 0 Å². The van der Waals surface area contributed by atoms with Gasteiger partial charge in [-0.15, -0.1) is 0 Å². The van der Waals surface area contributed by atoms with Crippen LogP contribution < -0.4 is 5.32 Å². The van der Waals surface area contributed by atoms with Gasteiger partial charge in [-0.3, -0.25) is 9.59 Å². The molecular formula is C59H107NO5. The molecule has 0 aliphatic heterocycles. The van der Waals surface area contributed by atoms with E-state index >= 15 is 0 Å². The summed E-state index contributed by atoms with van der Waals surface area (Å²) in [7, 11) is 0. The Morgan fingerprint density at radius 2 is 0.800 bits per heavy atom. The maximum atomic E-state index is 13.2. The number of amides is 1. The van der Waals surface area contributed by atoms with E-state index in [4.69, 9.17) is 4.74 Å². The molecular weight excluding hydrogens is 803 g/mol. The second-order valence-corrected chi connectivity index (χ2v) is 19.0. The fourth-order valence-corrected chi connectivity index (χ4v) is 8.30. The van der Waals surface area contributed by atoms with Crippen LogP contribution in [0.15, 0.2) is 60.8 Å². The minimum atomic E-state index is -0.801. The summed E-state index contributed by atoms with van der Waals surface area (Å²) in [6, 6.07) is -0.718. The molecule has 0 radical (unpaired) electrons. The van der Waals surface area contributed by atoms with Crippen LogP contribution in [0.5, 0.6) is 0 Å². The molecule has 6 heteroatoms. The van der Waals surface area contributed by atoms with Gasteiger partial charge in [-0.05, 0) is 89.9 Å². The zero-order valence-electron chi connectivity index (χ0n) is 43.1. The molecule has 0 aromatic rings. The first-order chi connectivity index (χ1) is 32.0. The minimum absolute atomic E-state index is 0.0432. The van der Waals surface area contributed by atoms with Gasteiger partial charge >= 0.3 is 5.97 Å². The van der Waals surface area contributed by atoms with E-state index in [9.17, 15) is 19.8 Å². The molecule has 0 aliphatic carbocycles. The van der Waals surface area contributed by atoms with Crippen LogP contribution in [0.3, 0.4) is 0 Å². The SMILES string of the molecule is CCCCC/C=C\C/C=C\C/C=C\C/C=C\CCCCCC(=O)OC(CCC/C=C\CCCCCCCC)CC(=O)NC(CO)C(O)CCCCCCCCCCCCCCCCCC. The van der Waals surface area contributed by atoms with E-state index in [1.54, 1.807) is 0 Å². The number of aliphatic hydroxyl groups excluding tert-OH is 2. The Morgan fingerprint density at radius 1 is 0.446 bits per heavy atom. The minimum Gasteiger partial charge on any atom is -0.462 e. The molecule has 0 fully saturated rings. The summed E-state index contributed by atoms with van der Waals surface area (Å²) in [6.45, 7) is 6.45. The molecule has 6 nitrogen and oxygen atoms in total. The van der Waals surface area contributed by atoms with Crippen LogP contribution in [-0.2, 0) is 14.3 Å². The van der Waals surface area contributed by atoms with Gasteiger partial charge in [0.2, 0.25) is 5.91 Å². The van der Waals surface area contributed by atoms with Gasteiger partial charge in [0.15, 0.2) is 0 Å². The molecule has 0 aromatic carbocycles. The second-order valence-electron chi connectivity index (χ2n) is 19.0. The molecule has 0 aromatic heterocycles. The van der Waals surface area contributed by atoms with Gasteiger partial charge in [-0.2, -0.15) is 0 Å². The zero-order chi connectivity index (χ0) is 47.4. The Hall–Kier alpha value is -2.44. The molecule has 3 unspecified atom stereocenters. The van der Waals surface area contributed by atoms with Crippen LogP contribution in [-0.4, -0.2) is 46.9 Å². The summed E-state index contributed by atoms with van der Waals surface area (Å²) >= 11 is 0. The standard InChI is InChI=1S/C59H107NO5/c1-4-7-10-13-16-19-22-24-26-28-29-30-32-34-37-40-43-46-49-52-59(64)65-55(50-47-44-41-38-35-21-18-15-12-9-6-3)53-58(63)60-56(54-61)57(62)51-48-45-42-39-36-33-31-27-25-23-20-17-14-11-8-5-2/h16,19,24,26,29-30,34,37-38,41,55-57,61-62H,4-15,17-18,20-23,25,27-28,31-33,35-36,39-40,42-54H2,1-3H3,(H,60,63)/b19-16-,26-24-,30-29-,37-34-,41-38-. The Kier molecular flexibility index (Phi) is 50.6. The largest absolute Gasteiger partial charge is 0.462 e. The first-order valence-electron chi connectivity index (χ1n) is 28.0. The van der Waals surface area contributed by atoms with Crippen molar-refractivity contribution in [2.24, 2.45) is 0 Å². The van der Waals surface area contributed by atoms with E-state index < -0.39 is 18.2 Å². The summed E-state index contributed by atoms with van der Waals surface area (Å²) in [5, 5.41) is 23.8. The van der Waals surface area contributed by atoms with Crippen molar-refractivity contribution in [3.05, 3.63) is 60.8 Å². The van der Waals surface area contributed by atoms with Gasteiger partial charge < -0.3 is 20.3 Å². The van der Waals surface area contributed by atoms with E-state index in [2.05, 4.69) is 86.8 Å². The van der Waals surface area contributed by atoms with Crippen molar-refractivity contribution in [2.75, 3.05) is 6.61 Å². The van der Waals surface area contributed by atoms with Gasteiger partial charge in [-0.25, -0.2) is 0 Å². The van der Waals surface area contributed by atoms with Crippen molar-refractivity contribution in [3.8, 4) is 0 Å². The monoisotopic (exact) mass is 910 g/mol. The number of carbonyl (C=O) groups excluding carboxylic acids is 2. The lowest BCUT2D eigenvalue weighted by molar-refractivity contribution is -0.151. The van der Waals surface area contributed by atoms with Gasteiger partial charge in [0.25, 0.3) is 0 Å². The van der Waals surface area contributed by atoms with E-state index in [0.29, 0.717) is 19.3 Å². The first-order valence-corrected chi connectivity index (χ1v) is 28.0. The lowest BCUT2D eigenvalue weighted by atomic mass is 10.0. The molecule has 378 valence electrons. The smallest absolute Gasteiger partial charge is 0.306 e. The number of hydrogen-bond donors (Lipinski definition) is 3. The Morgan fingerprint density at radius 3 is 1.26 bits per heavy atom. The number of rotatable bonds is 50. The number of ether oxygens (including phenoxy) is 1. The number of unbranched alkanes of at least 4 members (excludes halogenated alkanes) is 28. The van der Waals surface area contributed by atoms with E-state index in [-0.39, 0.29) is 24.9 Å². The molecule has 0 bridgehead atoms. The molecule has 1 amide bonds. The molecule has 0 saturated heterocycles. The molecule has 0 aliphatic rings. The quantitative estimate of drug-likeness (QED) is 0.0321. The lowest BCUT2D eigenvalue weighted by Crippen LogP contribution is -2.46. The number of hydrogen-bond acceptors (Lipinski definition) is 5. The third-order valence-electron chi connectivity index (χ3n) is 12.6. The van der Waals surface area contributed by atoms with Gasteiger partial charge in [0.05, 0.1) is 25.2 Å². The Balaban J connectivity index is 4.55.